The zero-order valence-corrected chi connectivity index (χ0v) is 16.7. The summed E-state index contributed by atoms with van der Waals surface area (Å²) in [6, 6.07) is 15.2. The molecular weight excluding hydrogens is 352 g/mol. The van der Waals surface area contributed by atoms with Crippen LogP contribution < -0.4 is 0 Å². The minimum absolute atomic E-state index is 0.0843. The number of esters is 1. The van der Waals surface area contributed by atoms with Crippen molar-refractivity contribution in [3.8, 4) is 0 Å². The van der Waals surface area contributed by atoms with Crippen LogP contribution in [-0.4, -0.2) is 48.6 Å². The average Bonchev–Trinajstić information content (AvgIpc) is 2.74. The van der Waals surface area contributed by atoms with Crippen molar-refractivity contribution in [2.75, 3.05) is 26.7 Å². The molecule has 5 heteroatoms. The van der Waals surface area contributed by atoms with E-state index in [1.807, 2.05) is 43.4 Å². The molecule has 0 saturated carbocycles. The Morgan fingerprint density at radius 2 is 1.64 bits per heavy atom. The summed E-state index contributed by atoms with van der Waals surface area (Å²) in [6.45, 7) is 3.85. The Morgan fingerprint density at radius 3 is 2.32 bits per heavy atom. The Morgan fingerprint density at radius 1 is 0.964 bits per heavy atom. The maximum Gasteiger partial charge on any atom is 0.338 e. The van der Waals surface area contributed by atoms with Crippen molar-refractivity contribution in [2.24, 2.45) is 0 Å². The van der Waals surface area contributed by atoms with E-state index in [0.717, 1.165) is 37.1 Å². The first-order chi connectivity index (χ1) is 13.6. The maximum atomic E-state index is 13.3. The smallest absolute Gasteiger partial charge is 0.338 e. The number of benzene rings is 2. The number of hydrogen-bond donors (Lipinski definition) is 0. The monoisotopic (exact) mass is 380 g/mol. The van der Waals surface area contributed by atoms with E-state index >= 15 is 0 Å². The van der Waals surface area contributed by atoms with Crippen LogP contribution in [0.5, 0.6) is 0 Å². The van der Waals surface area contributed by atoms with Crippen molar-refractivity contribution in [3.63, 3.8) is 0 Å². The van der Waals surface area contributed by atoms with Crippen LogP contribution in [0, 0.1) is 0 Å². The highest BCUT2D eigenvalue weighted by atomic mass is 16.5. The second-order valence-electron chi connectivity index (χ2n) is 7.06. The third-order valence-electron chi connectivity index (χ3n) is 5.18. The molecule has 0 spiro atoms. The van der Waals surface area contributed by atoms with Crippen LogP contribution in [-0.2, 0) is 11.2 Å². The number of ether oxygens (including phenoxy) is 1. The zero-order chi connectivity index (χ0) is 19.9. The van der Waals surface area contributed by atoms with E-state index in [-0.39, 0.29) is 11.9 Å². The van der Waals surface area contributed by atoms with Crippen LogP contribution in [0.4, 0.5) is 0 Å². The Hall–Kier alpha value is -2.66. The standard InChI is InChI=1S/C23H28N2O3/c1-3-28-23(27)20-14-10-13-19(21(20)17-18-11-6-4-7-12-18)22(26)24(2)25-15-8-5-9-16-25/h4,6-7,10-14H,3,5,8-9,15-17H2,1-2H3. The lowest BCUT2D eigenvalue weighted by Gasteiger charge is -2.35. The number of hydrogen-bond acceptors (Lipinski definition) is 4. The minimum atomic E-state index is -0.385. The van der Waals surface area contributed by atoms with Gasteiger partial charge in [-0.15, -0.1) is 0 Å². The van der Waals surface area contributed by atoms with Gasteiger partial charge >= 0.3 is 5.97 Å². The predicted octanol–water partition coefficient (Wildman–Crippen LogP) is 3.93. The fraction of sp³-hybridized carbons (Fsp3) is 0.391. The highest BCUT2D eigenvalue weighted by Crippen LogP contribution is 2.23. The van der Waals surface area contributed by atoms with Crippen molar-refractivity contribution in [3.05, 3.63) is 70.8 Å². The van der Waals surface area contributed by atoms with Crippen molar-refractivity contribution >= 4 is 11.9 Å². The predicted molar refractivity (Wildman–Crippen MR) is 109 cm³/mol. The Balaban J connectivity index is 1.97. The first kappa shape index (κ1) is 20.1. The number of carbonyl (C=O) groups excluding carboxylic acids is 2. The summed E-state index contributed by atoms with van der Waals surface area (Å²) in [7, 11) is 1.82. The van der Waals surface area contributed by atoms with Gasteiger partial charge in [-0.1, -0.05) is 42.8 Å². The molecule has 1 aliphatic heterocycles. The van der Waals surface area contributed by atoms with Gasteiger partial charge in [0.2, 0.25) is 0 Å². The molecule has 5 nitrogen and oxygen atoms in total. The van der Waals surface area contributed by atoms with Gasteiger partial charge in [-0.25, -0.2) is 9.80 Å². The van der Waals surface area contributed by atoms with Crippen LogP contribution in [0.2, 0.25) is 0 Å². The third kappa shape index (κ3) is 4.60. The molecule has 1 aliphatic rings. The van der Waals surface area contributed by atoms with Crippen molar-refractivity contribution in [2.45, 2.75) is 32.6 Å². The Bertz CT molecular complexity index is 814. The molecule has 0 radical (unpaired) electrons. The van der Waals surface area contributed by atoms with Crippen LogP contribution in [0.15, 0.2) is 48.5 Å². The van der Waals surface area contributed by atoms with Crippen LogP contribution in [0.25, 0.3) is 0 Å². The van der Waals surface area contributed by atoms with Gasteiger partial charge in [0, 0.05) is 25.7 Å². The van der Waals surface area contributed by atoms with E-state index < -0.39 is 0 Å². The molecule has 3 rings (SSSR count). The number of carbonyl (C=O) groups is 2. The fourth-order valence-electron chi connectivity index (χ4n) is 3.66. The van der Waals surface area contributed by atoms with E-state index in [0.29, 0.717) is 24.2 Å². The van der Waals surface area contributed by atoms with Gasteiger partial charge in [-0.05, 0) is 49.4 Å². The zero-order valence-electron chi connectivity index (χ0n) is 16.7. The van der Waals surface area contributed by atoms with Crippen LogP contribution in [0.1, 0.15) is 58.0 Å². The Kier molecular flexibility index (Phi) is 6.82. The van der Waals surface area contributed by atoms with Gasteiger partial charge in [0.05, 0.1) is 12.2 Å². The van der Waals surface area contributed by atoms with Gasteiger partial charge in [0.25, 0.3) is 5.91 Å². The molecule has 0 unspecified atom stereocenters. The lowest BCUT2D eigenvalue weighted by atomic mass is 9.94. The molecule has 1 heterocycles. The molecule has 0 aromatic heterocycles. The highest BCUT2D eigenvalue weighted by molar-refractivity contribution is 6.00. The maximum absolute atomic E-state index is 13.3. The largest absolute Gasteiger partial charge is 0.462 e. The average molecular weight is 380 g/mol. The summed E-state index contributed by atoms with van der Waals surface area (Å²) >= 11 is 0. The molecule has 0 atom stereocenters. The van der Waals surface area contributed by atoms with Crippen LogP contribution >= 0.6 is 0 Å². The number of amides is 1. The lowest BCUT2D eigenvalue weighted by Crippen LogP contribution is -2.46. The second kappa shape index (κ2) is 9.51. The van der Waals surface area contributed by atoms with E-state index in [4.69, 9.17) is 4.74 Å². The lowest BCUT2D eigenvalue weighted by molar-refractivity contribution is -0.00506. The number of rotatable bonds is 6. The molecule has 1 amide bonds. The Labute approximate surface area is 166 Å². The van der Waals surface area contributed by atoms with Crippen molar-refractivity contribution in [1.29, 1.82) is 0 Å². The number of nitrogens with zero attached hydrogens (tertiary/aromatic N) is 2. The van der Waals surface area contributed by atoms with Crippen molar-refractivity contribution in [1.82, 2.24) is 10.0 Å². The first-order valence-electron chi connectivity index (χ1n) is 9.97. The van der Waals surface area contributed by atoms with Gasteiger partial charge in [-0.3, -0.25) is 9.80 Å². The van der Waals surface area contributed by atoms with E-state index in [9.17, 15) is 9.59 Å². The van der Waals surface area contributed by atoms with Gasteiger partial charge < -0.3 is 4.74 Å². The molecule has 0 aliphatic carbocycles. The molecule has 2 aromatic rings. The summed E-state index contributed by atoms with van der Waals surface area (Å²) in [5.41, 5.74) is 2.79. The van der Waals surface area contributed by atoms with E-state index in [2.05, 4.69) is 5.01 Å². The number of piperidine rings is 1. The normalized spacial score (nSPS) is 14.5. The fourth-order valence-corrected chi connectivity index (χ4v) is 3.66. The third-order valence-corrected chi connectivity index (χ3v) is 5.18. The molecule has 0 bridgehead atoms. The molecule has 28 heavy (non-hydrogen) atoms. The van der Waals surface area contributed by atoms with Crippen LogP contribution in [0.3, 0.4) is 0 Å². The summed E-state index contributed by atoms with van der Waals surface area (Å²) < 4.78 is 5.24. The van der Waals surface area contributed by atoms with Gasteiger partial charge in [0.15, 0.2) is 0 Å². The highest BCUT2D eigenvalue weighted by Gasteiger charge is 2.25. The van der Waals surface area contributed by atoms with E-state index in [1.165, 1.54) is 6.42 Å². The first-order valence-corrected chi connectivity index (χ1v) is 9.97. The molecule has 0 N–H and O–H groups in total. The van der Waals surface area contributed by atoms with E-state index in [1.54, 1.807) is 24.1 Å². The summed E-state index contributed by atoms with van der Waals surface area (Å²) in [6.07, 6.45) is 3.90. The van der Waals surface area contributed by atoms with Gasteiger partial charge in [-0.2, -0.15) is 0 Å². The molecular formula is C23H28N2O3. The van der Waals surface area contributed by atoms with Crippen molar-refractivity contribution < 1.29 is 14.3 Å². The molecule has 2 aromatic carbocycles. The van der Waals surface area contributed by atoms with Gasteiger partial charge in [0.1, 0.15) is 0 Å². The summed E-state index contributed by atoms with van der Waals surface area (Å²) in [5, 5.41) is 3.80. The number of hydrazine groups is 1. The molecule has 1 saturated heterocycles. The molecule has 148 valence electrons. The topological polar surface area (TPSA) is 49.9 Å². The second-order valence-corrected chi connectivity index (χ2v) is 7.06. The minimum Gasteiger partial charge on any atom is -0.462 e. The molecule has 1 fully saturated rings. The summed E-state index contributed by atoms with van der Waals surface area (Å²) in [4.78, 5) is 25.9. The quantitative estimate of drug-likeness (QED) is 0.713. The summed E-state index contributed by atoms with van der Waals surface area (Å²) in [5.74, 6) is -0.470. The SMILES string of the molecule is CCOC(=O)c1cccc(C(=O)N(C)N2CCCCC2)c1Cc1ccccc1.